The second-order valence-electron chi connectivity index (χ2n) is 6.12. The molecule has 27 heavy (non-hydrogen) atoms. The van der Waals surface area contributed by atoms with E-state index < -0.39 is 0 Å². The number of fused-ring (bicyclic) bond motifs is 1. The molecule has 1 aliphatic rings. The summed E-state index contributed by atoms with van der Waals surface area (Å²) in [5, 5.41) is 6.04. The highest BCUT2D eigenvalue weighted by atomic mass is 35.5. The Morgan fingerprint density at radius 3 is 2.56 bits per heavy atom. The molecular weight excluding hydrogens is 366 g/mol. The minimum atomic E-state index is -0.390. The van der Waals surface area contributed by atoms with Gasteiger partial charge in [0, 0.05) is 28.6 Å². The van der Waals surface area contributed by atoms with Gasteiger partial charge in [0.05, 0.1) is 6.26 Å². The molecule has 0 bridgehead atoms. The van der Waals surface area contributed by atoms with Gasteiger partial charge in [-0.2, -0.15) is 0 Å². The summed E-state index contributed by atoms with van der Waals surface area (Å²) < 4.78 is 5.21. The van der Waals surface area contributed by atoms with E-state index in [1.807, 2.05) is 12.1 Å². The molecule has 6 nitrogen and oxygen atoms in total. The van der Waals surface area contributed by atoms with E-state index >= 15 is 0 Å². The van der Waals surface area contributed by atoms with Crippen LogP contribution >= 0.6 is 11.6 Å². The monoisotopic (exact) mass is 381 g/mol. The van der Waals surface area contributed by atoms with Crippen LogP contribution in [0, 0.1) is 0 Å². The molecule has 0 fully saturated rings. The first-order valence-corrected chi connectivity index (χ1v) is 8.80. The first-order chi connectivity index (χ1) is 13.1. The van der Waals surface area contributed by atoms with Crippen molar-refractivity contribution < 1.29 is 14.0 Å². The topological polar surface area (TPSA) is 74.6 Å². The van der Waals surface area contributed by atoms with E-state index in [1.165, 1.54) is 6.26 Å². The zero-order chi connectivity index (χ0) is 18.8. The predicted octanol–water partition coefficient (Wildman–Crippen LogP) is 4.78. The van der Waals surface area contributed by atoms with Crippen LogP contribution in [0.25, 0.3) is 0 Å². The van der Waals surface area contributed by atoms with Gasteiger partial charge in [0.25, 0.3) is 5.91 Å². The van der Waals surface area contributed by atoms with Crippen molar-refractivity contribution in [2.24, 2.45) is 0 Å². The van der Waals surface area contributed by atoms with Crippen LogP contribution in [0.1, 0.15) is 16.1 Å². The van der Waals surface area contributed by atoms with E-state index in [9.17, 15) is 9.59 Å². The zero-order valence-corrected chi connectivity index (χ0v) is 15.0. The number of rotatable bonds is 3. The molecule has 0 saturated carbocycles. The molecule has 0 aliphatic carbocycles. The number of amides is 3. The predicted molar refractivity (Wildman–Crippen MR) is 105 cm³/mol. The maximum absolute atomic E-state index is 12.6. The van der Waals surface area contributed by atoms with E-state index in [2.05, 4.69) is 10.6 Å². The quantitative estimate of drug-likeness (QED) is 0.685. The molecule has 136 valence electrons. The number of carbonyl (C=O) groups excluding carboxylic acids is 2. The van der Waals surface area contributed by atoms with E-state index in [-0.39, 0.29) is 11.9 Å². The molecular formula is C20H16ClN3O3. The highest BCUT2D eigenvalue weighted by molar-refractivity contribution is 6.30. The fourth-order valence-electron chi connectivity index (χ4n) is 3.06. The summed E-state index contributed by atoms with van der Waals surface area (Å²) >= 11 is 5.92. The summed E-state index contributed by atoms with van der Waals surface area (Å²) in [5.41, 5.74) is 3.01. The van der Waals surface area contributed by atoms with Gasteiger partial charge in [-0.25, -0.2) is 4.79 Å². The van der Waals surface area contributed by atoms with Crippen molar-refractivity contribution in [3.63, 3.8) is 0 Å². The van der Waals surface area contributed by atoms with Crippen LogP contribution in [0.15, 0.2) is 65.3 Å². The number of halogens is 1. The summed E-state index contributed by atoms with van der Waals surface area (Å²) in [6, 6.07) is 15.4. The van der Waals surface area contributed by atoms with Gasteiger partial charge in [-0.3, -0.25) is 4.79 Å². The summed E-state index contributed by atoms with van der Waals surface area (Å²) in [6.45, 7) is 0.576. The maximum atomic E-state index is 12.6. The van der Waals surface area contributed by atoms with E-state index in [0.717, 1.165) is 17.7 Å². The Morgan fingerprint density at radius 1 is 1.00 bits per heavy atom. The Morgan fingerprint density at radius 2 is 1.81 bits per heavy atom. The van der Waals surface area contributed by atoms with Crippen molar-refractivity contribution >= 4 is 40.6 Å². The molecule has 0 spiro atoms. The Labute approximate surface area is 160 Å². The van der Waals surface area contributed by atoms with Gasteiger partial charge in [-0.15, -0.1) is 0 Å². The van der Waals surface area contributed by atoms with Gasteiger partial charge in [0.2, 0.25) is 0 Å². The van der Waals surface area contributed by atoms with Gasteiger partial charge >= 0.3 is 6.03 Å². The van der Waals surface area contributed by atoms with Crippen LogP contribution in [0.3, 0.4) is 0 Å². The molecule has 7 heteroatoms. The van der Waals surface area contributed by atoms with Gasteiger partial charge in [-0.1, -0.05) is 23.7 Å². The SMILES string of the molecule is O=C(Nc1cccc(Cl)c1)Nc1ccc2c(c1)N(C(=O)c1ccco1)CC2. The molecule has 0 atom stereocenters. The summed E-state index contributed by atoms with van der Waals surface area (Å²) in [5.74, 6) is 0.0965. The van der Waals surface area contributed by atoms with Crippen molar-refractivity contribution in [3.05, 3.63) is 77.2 Å². The first kappa shape index (κ1) is 17.2. The number of furan rings is 1. The van der Waals surface area contributed by atoms with Crippen LogP contribution in [0.5, 0.6) is 0 Å². The standard InChI is InChI=1S/C20H16ClN3O3/c21-14-3-1-4-15(11-14)22-20(26)23-16-7-6-13-8-9-24(17(13)12-16)19(25)18-5-2-10-27-18/h1-7,10-12H,8-9H2,(H2,22,23,26). The lowest BCUT2D eigenvalue weighted by molar-refractivity contribution is 0.0963. The second-order valence-corrected chi connectivity index (χ2v) is 6.55. The van der Waals surface area contributed by atoms with Crippen molar-refractivity contribution in [1.82, 2.24) is 0 Å². The number of hydrogen-bond donors (Lipinski definition) is 2. The third kappa shape index (κ3) is 3.66. The van der Waals surface area contributed by atoms with Crippen LogP contribution in [0.2, 0.25) is 5.02 Å². The molecule has 2 aromatic carbocycles. The molecule has 0 saturated heterocycles. The average molecular weight is 382 g/mol. The van der Waals surface area contributed by atoms with Gasteiger partial charge < -0.3 is 20.0 Å². The van der Waals surface area contributed by atoms with Gasteiger partial charge in [-0.05, 0) is 54.4 Å². The fourth-order valence-corrected chi connectivity index (χ4v) is 3.25. The van der Waals surface area contributed by atoms with Crippen molar-refractivity contribution in [2.75, 3.05) is 22.1 Å². The normalized spacial score (nSPS) is 12.6. The Balaban J connectivity index is 1.50. The van der Waals surface area contributed by atoms with Crippen LogP contribution in [-0.4, -0.2) is 18.5 Å². The number of hydrogen-bond acceptors (Lipinski definition) is 3. The summed E-state index contributed by atoms with van der Waals surface area (Å²) in [7, 11) is 0. The summed E-state index contributed by atoms with van der Waals surface area (Å²) in [6.07, 6.45) is 2.24. The number of nitrogens with zero attached hydrogens (tertiary/aromatic N) is 1. The average Bonchev–Trinajstić information content (AvgIpc) is 3.31. The maximum Gasteiger partial charge on any atom is 0.323 e. The Bertz CT molecular complexity index is 1000. The number of carbonyl (C=O) groups is 2. The van der Waals surface area contributed by atoms with Crippen molar-refractivity contribution in [1.29, 1.82) is 0 Å². The third-order valence-corrected chi connectivity index (χ3v) is 4.53. The lowest BCUT2D eigenvalue weighted by Crippen LogP contribution is -2.28. The number of benzene rings is 2. The number of urea groups is 1. The van der Waals surface area contributed by atoms with Crippen LogP contribution in [-0.2, 0) is 6.42 Å². The highest BCUT2D eigenvalue weighted by Gasteiger charge is 2.27. The van der Waals surface area contributed by atoms with Crippen molar-refractivity contribution in [3.8, 4) is 0 Å². The smallest absolute Gasteiger partial charge is 0.323 e. The first-order valence-electron chi connectivity index (χ1n) is 8.42. The molecule has 2 heterocycles. The lowest BCUT2D eigenvalue weighted by atomic mass is 10.1. The largest absolute Gasteiger partial charge is 0.459 e. The molecule has 2 N–H and O–H groups in total. The molecule has 1 aliphatic heterocycles. The molecule has 0 unspecified atom stereocenters. The minimum absolute atomic E-state index is 0.195. The second kappa shape index (κ2) is 7.17. The Kier molecular flexibility index (Phi) is 4.56. The van der Waals surface area contributed by atoms with Crippen LogP contribution in [0.4, 0.5) is 21.9 Å². The lowest BCUT2D eigenvalue weighted by Gasteiger charge is -2.17. The number of nitrogens with one attached hydrogen (secondary N) is 2. The molecule has 1 aromatic heterocycles. The van der Waals surface area contributed by atoms with Gasteiger partial charge in [0.15, 0.2) is 5.76 Å². The fraction of sp³-hybridized carbons (Fsp3) is 0.100. The summed E-state index contributed by atoms with van der Waals surface area (Å²) in [4.78, 5) is 26.5. The highest BCUT2D eigenvalue weighted by Crippen LogP contribution is 2.32. The third-order valence-electron chi connectivity index (χ3n) is 4.30. The Hall–Kier alpha value is -3.25. The van der Waals surface area contributed by atoms with Crippen molar-refractivity contribution in [2.45, 2.75) is 6.42 Å². The molecule has 3 aromatic rings. The van der Waals surface area contributed by atoms with E-state index in [1.54, 1.807) is 47.4 Å². The van der Waals surface area contributed by atoms with E-state index in [0.29, 0.717) is 28.7 Å². The zero-order valence-electron chi connectivity index (χ0n) is 14.2. The molecule has 3 amide bonds. The van der Waals surface area contributed by atoms with Gasteiger partial charge in [0.1, 0.15) is 0 Å². The molecule has 0 radical (unpaired) electrons. The molecule has 4 rings (SSSR count). The van der Waals surface area contributed by atoms with E-state index in [4.69, 9.17) is 16.0 Å². The minimum Gasteiger partial charge on any atom is -0.459 e. The van der Waals surface area contributed by atoms with Crippen LogP contribution < -0.4 is 15.5 Å². The number of anilines is 3.